The molecule has 2 aromatic carbocycles. The minimum Gasteiger partial charge on any atom is -0.507 e. The van der Waals surface area contributed by atoms with Crippen molar-refractivity contribution in [3.8, 4) is 11.5 Å². The molecule has 2 aromatic rings. The Hall–Kier alpha value is -3.62. The molecular weight excluding hydrogens is 306 g/mol. The van der Waals surface area contributed by atoms with Crippen molar-refractivity contribution in [3.63, 3.8) is 0 Å². The molecule has 2 rings (SSSR count). The van der Waals surface area contributed by atoms with Gasteiger partial charge in [-0.25, -0.2) is 4.79 Å². The average molecular weight is 317 g/mol. The Morgan fingerprint density at radius 2 is 1.83 bits per heavy atom. The number of nitrogens with one attached hydrogen (secondary N) is 1. The number of carboxylic acids is 1. The van der Waals surface area contributed by atoms with Crippen molar-refractivity contribution in [1.29, 1.82) is 0 Å². The predicted molar refractivity (Wildman–Crippen MR) is 81.0 cm³/mol. The molecule has 0 atom stereocenters. The summed E-state index contributed by atoms with van der Waals surface area (Å²) in [6.45, 7) is 0. The molecule has 0 radical (unpaired) electrons. The Kier molecular flexibility index (Phi) is 4.41. The lowest BCUT2D eigenvalue weighted by molar-refractivity contribution is -0.385. The van der Waals surface area contributed by atoms with Crippen molar-refractivity contribution in [2.45, 2.75) is 0 Å². The number of aromatic carboxylic acids is 1. The molecule has 0 aliphatic carbocycles. The Morgan fingerprint density at radius 1 is 1.17 bits per heavy atom. The lowest BCUT2D eigenvalue weighted by Gasteiger charge is -2.03. The van der Waals surface area contributed by atoms with Crippen LogP contribution in [-0.2, 0) is 0 Å². The van der Waals surface area contributed by atoms with E-state index >= 15 is 0 Å². The Morgan fingerprint density at radius 3 is 2.39 bits per heavy atom. The third-order valence-electron chi connectivity index (χ3n) is 2.85. The van der Waals surface area contributed by atoms with E-state index in [0.717, 1.165) is 18.3 Å². The van der Waals surface area contributed by atoms with Crippen LogP contribution in [0.15, 0.2) is 41.5 Å². The van der Waals surface area contributed by atoms with Gasteiger partial charge in [0.05, 0.1) is 22.4 Å². The summed E-state index contributed by atoms with van der Waals surface area (Å²) >= 11 is 0. The van der Waals surface area contributed by atoms with Crippen LogP contribution < -0.4 is 5.43 Å². The van der Waals surface area contributed by atoms with E-state index < -0.39 is 22.3 Å². The molecule has 0 spiro atoms. The van der Waals surface area contributed by atoms with E-state index in [-0.39, 0.29) is 16.9 Å². The fourth-order valence-electron chi connectivity index (χ4n) is 1.70. The van der Waals surface area contributed by atoms with Crippen LogP contribution in [0.2, 0.25) is 0 Å². The number of rotatable bonds is 5. The third-order valence-corrected chi connectivity index (χ3v) is 2.85. The number of nitro benzene ring substituents is 1. The van der Waals surface area contributed by atoms with E-state index in [0.29, 0.717) is 5.69 Å². The van der Waals surface area contributed by atoms with Gasteiger partial charge in [-0.3, -0.25) is 15.5 Å². The minimum atomic E-state index is -1.05. The topological polar surface area (TPSA) is 145 Å². The zero-order chi connectivity index (χ0) is 17.0. The second-order valence-electron chi connectivity index (χ2n) is 4.41. The normalized spacial score (nSPS) is 10.6. The number of aromatic hydroxyl groups is 2. The molecule has 0 unspecified atom stereocenters. The first-order chi connectivity index (χ1) is 10.9. The molecule has 0 saturated carbocycles. The van der Waals surface area contributed by atoms with Crippen LogP contribution in [0.1, 0.15) is 15.9 Å². The lowest BCUT2D eigenvalue weighted by Crippen LogP contribution is -1.97. The quantitative estimate of drug-likeness (QED) is 0.375. The van der Waals surface area contributed by atoms with E-state index in [4.69, 9.17) is 5.11 Å². The highest BCUT2D eigenvalue weighted by Gasteiger charge is 2.16. The van der Waals surface area contributed by atoms with Crippen LogP contribution in [-0.4, -0.2) is 32.4 Å². The molecule has 118 valence electrons. The van der Waals surface area contributed by atoms with Gasteiger partial charge in [-0.05, 0) is 24.3 Å². The molecule has 0 fully saturated rings. The van der Waals surface area contributed by atoms with Gasteiger partial charge in [0.25, 0.3) is 0 Å². The molecule has 0 aromatic heterocycles. The van der Waals surface area contributed by atoms with E-state index in [1.165, 1.54) is 24.3 Å². The maximum atomic E-state index is 10.7. The van der Waals surface area contributed by atoms with Gasteiger partial charge in [-0.1, -0.05) is 0 Å². The Balaban J connectivity index is 2.15. The minimum absolute atomic E-state index is 0.0316. The summed E-state index contributed by atoms with van der Waals surface area (Å²) < 4.78 is 0. The number of phenols is 2. The van der Waals surface area contributed by atoms with Crippen LogP contribution in [0.3, 0.4) is 0 Å². The van der Waals surface area contributed by atoms with E-state index in [2.05, 4.69) is 10.5 Å². The number of carboxylic acid groups (broad SMARTS) is 1. The van der Waals surface area contributed by atoms with Gasteiger partial charge < -0.3 is 15.3 Å². The first-order valence-corrected chi connectivity index (χ1v) is 6.21. The zero-order valence-electron chi connectivity index (χ0n) is 11.5. The molecular formula is C14H11N3O6. The number of hydrogen-bond donors (Lipinski definition) is 4. The molecule has 9 heteroatoms. The second kappa shape index (κ2) is 6.43. The lowest BCUT2D eigenvalue weighted by atomic mass is 10.2. The van der Waals surface area contributed by atoms with Crippen LogP contribution in [0.4, 0.5) is 11.4 Å². The summed E-state index contributed by atoms with van der Waals surface area (Å²) in [5.74, 6) is -2.08. The molecule has 0 aliphatic rings. The number of hydrazone groups is 1. The number of nitrogens with zero attached hydrogens (tertiary/aromatic N) is 2. The maximum absolute atomic E-state index is 10.7. The third kappa shape index (κ3) is 3.73. The molecule has 9 nitrogen and oxygen atoms in total. The van der Waals surface area contributed by atoms with Gasteiger partial charge in [-0.2, -0.15) is 5.10 Å². The van der Waals surface area contributed by atoms with Gasteiger partial charge in [-0.15, -0.1) is 0 Å². The molecule has 23 heavy (non-hydrogen) atoms. The second-order valence-corrected chi connectivity index (χ2v) is 4.41. The fraction of sp³-hybridized carbons (Fsp3) is 0. The largest absolute Gasteiger partial charge is 0.507 e. The first-order valence-electron chi connectivity index (χ1n) is 6.21. The monoisotopic (exact) mass is 317 g/mol. The number of phenolic OH excluding ortho intramolecular Hbond substituents is 2. The van der Waals surface area contributed by atoms with Gasteiger partial charge in [0.15, 0.2) is 5.75 Å². The molecule has 0 heterocycles. The fourth-order valence-corrected chi connectivity index (χ4v) is 1.70. The predicted octanol–water partition coefficient (Wildman–Crippen LogP) is 2.15. The number of anilines is 1. The van der Waals surface area contributed by atoms with E-state index in [1.54, 1.807) is 0 Å². The van der Waals surface area contributed by atoms with Crippen molar-refractivity contribution in [1.82, 2.24) is 0 Å². The smallest absolute Gasteiger partial charge is 0.335 e. The van der Waals surface area contributed by atoms with Crippen molar-refractivity contribution in [2.75, 3.05) is 5.43 Å². The van der Waals surface area contributed by atoms with Gasteiger partial charge >= 0.3 is 11.7 Å². The van der Waals surface area contributed by atoms with Crippen LogP contribution >= 0.6 is 0 Å². The van der Waals surface area contributed by atoms with Crippen molar-refractivity contribution in [2.24, 2.45) is 5.10 Å². The molecule has 4 N–H and O–H groups in total. The van der Waals surface area contributed by atoms with Crippen molar-refractivity contribution >= 4 is 23.6 Å². The summed E-state index contributed by atoms with van der Waals surface area (Å²) in [6.07, 6.45) is 1.13. The maximum Gasteiger partial charge on any atom is 0.335 e. The van der Waals surface area contributed by atoms with Gasteiger partial charge in [0.2, 0.25) is 0 Å². The standard InChI is InChI=1S/C14H11N3O6/c18-12-6-13(19)11(17(22)23)5-9(12)7-15-16-10-3-1-8(2-4-10)14(20)21/h1-7,16,18-19H,(H,20,21)/b15-7+. The summed E-state index contributed by atoms with van der Waals surface area (Å²) in [5, 5.41) is 42.3. The van der Waals surface area contributed by atoms with Crippen LogP contribution in [0, 0.1) is 10.1 Å². The number of benzene rings is 2. The number of hydrogen-bond acceptors (Lipinski definition) is 7. The summed E-state index contributed by atoms with van der Waals surface area (Å²) in [6, 6.07) is 7.55. The van der Waals surface area contributed by atoms with E-state index in [9.17, 15) is 25.1 Å². The Labute approximate surface area is 129 Å². The molecule has 0 saturated heterocycles. The molecule has 0 amide bonds. The van der Waals surface area contributed by atoms with Crippen LogP contribution in [0.5, 0.6) is 11.5 Å². The van der Waals surface area contributed by atoms with Crippen molar-refractivity contribution in [3.05, 3.63) is 57.6 Å². The summed E-state index contributed by atoms with van der Waals surface area (Å²) in [4.78, 5) is 20.6. The zero-order valence-corrected chi connectivity index (χ0v) is 11.5. The SMILES string of the molecule is O=C(O)c1ccc(N/N=C/c2cc([N+](=O)[O-])c(O)cc2O)cc1. The highest BCUT2D eigenvalue weighted by atomic mass is 16.6. The highest BCUT2D eigenvalue weighted by molar-refractivity contribution is 5.88. The summed E-state index contributed by atoms with van der Waals surface area (Å²) in [5.41, 5.74) is 2.66. The van der Waals surface area contributed by atoms with Gasteiger partial charge in [0, 0.05) is 17.7 Å². The van der Waals surface area contributed by atoms with Gasteiger partial charge in [0.1, 0.15) is 5.75 Å². The average Bonchev–Trinajstić information content (AvgIpc) is 2.49. The summed E-state index contributed by atoms with van der Waals surface area (Å²) in [7, 11) is 0. The Bertz CT molecular complexity index is 786. The number of nitro groups is 1. The molecule has 0 bridgehead atoms. The molecule has 0 aliphatic heterocycles. The van der Waals surface area contributed by atoms with E-state index in [1.807, 2.05) is 0 Å². The highest BCUT2D eigenvalue weighted by Crippen LogP contribution is 2.31. The van der Waals surface area contributed by atoms with Crippen LogP contribution in [0.25, 0.3) is 0 Å². The van der Waals surface area contributed by atoms with Crippen molar-refractivity contribution < 1.29 is 25.0 Å². The number of carbonyl (C=O) groups is 1. The first kappa shape index (κ1) is 15.8.